The van der Waals surface area contributed by atoms with Crippen LogP contribution >= 0.6 is 0 Å². The second-order valence-corrected chi connectivity index (χ2v) is 8.00. The van der Waals surface area contributed by atoms with E-state index in [1.807, 2.05) is 0 Å². The van der Waals surface area contributed by atoms with Crippen LogP contribution in [0.5, 0.6) is 0 Å². The Bertz CT molecular complexity index is 666. The van der Waals surface area contributed by atoms with Crippen molar-refractivity contribution < 1.29 is 4.39 Å². The number of alkyl halides is 1. The van der Waals surface area contributed by atoms with E-state index in [0.29, 0.717) is 6.04 Å². The van der Waals surface area contributed by atoms with Gasteiger partial charge in [0.05, 0.1) is 0 Å². The van der Waals surface area contributed by atoms with Gasteiger partial charge in [0.1, 0.15) is 6.17 Å². The molecule has 2 heteroatoms. The molecular weight excluding hydrogens is 333 g/mol. The fourth-order valence-corrected chi connectivity index (χ4v) is 4.24. The van der Waals surface area contributed by atoms with Gasteiger partial charge in [-0.25, -0.2) is 4.39 Å². The fourth-order valence-electron chi connectivity index (χ4n) is 4.24. The van der Waals surface area contributed by atoms with E-state index >= 15 is 0 Å². The van der Waals surface area contributed by atoms with Crippen LogP contribution in [0.4, 0.5) is 4.39 Å². The molecule has 0 N–H and O–H groups in total. The molecule has 0 spiro atoms. The summed E-state index contributed by atoms with van der Waals surface area (Å²) in [5.74, 6) is 0.147. The third-order valence-electron chi connectivity index (χ3n) is 6.09. The molecule has 0 aliphatic heterocycles. The van der Waals surface area contributed by atoms with Crippen molar-refractivity contribution in [1.82, 2.24) is 4.90 Å². The molecule has 0 radical (unpaired) electrons. The molecule has 3 rings (SSSR count). The Balaban J connectivity index is 1.57. The molecule has 2 aromatic rings. The van der Waals surface area contributed by atoms with Gasteiger partial charge in [0.15, 0.2) is 0 Å². The smallest absolute Gasteiger partial charge is 0.107 e. The zero-order chi connectivity index (χ0) is 19.1. The first-order valence-corrected chi connectivity index (χ1v) is 10.7. The summed E-state index contributed by atoms with van der Waals surface area (Å²) < 4.78 is 13.6. The maximum absolute atomic E-state index is 13.6. The van der Waals surface area contributed by atoms with E-state index in [1.165, 1.54) is 36.0 Å². The quantitative estimate of drug-likeness (QED) is 0.462. The molecule has 1 aliphatic carbocycles. The predicted octanol–water partition coefficient (Wildman–Crippen LogP) is 6.53. The van der Waals surface area contributed by atoms with Gasteiger partial charge >= 0.3 is 0 Å². The maximum atomic E-state index is 13.6. The van der Waals surface area contributed by atoms with E-state index < -0.39 is 6.17 Å². The molecule has 146 valence electrons. The van der Waals surface area contributed by atoms with Crippen molar-refractivity contribution in [3.63, 3.8) is 0 Å². The van der Waals surface area contributed by atoms with Crippen molar-refractivity contribution in [3.8, 4) is 0 Å². The molecule has 2 aromatic carbocycles. The molecule has 0 saturated heterocycles. The van der Waals surface area contributed by atoms with Crippen LogP contribution in [0, 0.1) is 0 Å². The zero-order valence-electron chi connectivity index (χ0n) is 16.9. The molecular formula is C25H34FN. The summed E-state index contributed by atoms with van der Waals surface area (Å²) in [5, 5.41) is 0. The van der Waals surface area contributed by atoms with Crippen LogP contribution in [0.15, 0.2) is 54.6 Å². The first-order valence-electron chi connectivity index (χ1n) is 10.7. The summed E-state index contributed by atoms with van der Waals surface area (Å²) in [6.07, 6.45) is 5.75. The number of rotatable bonds is 10. The lowest BCUT2D eigenvalue weighted by atomic mass is 9.78. The highest BCUT2D eigenvalue weighted by Crippen LogP contribution is 2.39. The monoisotopic (exact) mass is 367 g/mol. The molecule has 3 unspecified atom stereocenters. The van der Waals surface area contributed by atoms with Crippen LogP contribution in [0.3, 0.4) is 0 Å². The first-order chi connectivity index (χ1) is 13.2. The predicted molar refractivity (Wildman–Crippen MR) is 113 cm³/mol. The number of nitrogens with zero attached hydrogens (tertiary/aromatic N) is 1. The van der Waals surface area contributed by atoms with Crippen molar-refractivity contribution in [1.29, 1.82) is 0 Å². The van der Waals surface area contributed by atoms with Crippen LogP contribution in [0.25, 0.3) is 0 Å². The van der Waals surface area contributed by atoms with Gasteiger partial charge in [0, 0.05) is 18.5 Å². The lowest BCUT2D eigenvalue weighted by Crippen LogP contribution is -2.35. The van der Waals surface area contributed by atoms with Gasteiger partial charge in [-0.2, -0.15) is 0 Å². The standard InChI is InChI=1S/C25H34FN/c1-3-18-27(19-21-8-6-5-7-9-21)23(4-2)15-12-20-10-13-22(14-11-20)24-16-17-25(24)26/h5-11,13-14,23-25H,3-4,12,15-19H2,1-2H3. The summed E-state index contributed by atoms with van der Waals surface area (Å²) in [6.45, 7) is 6.75. The zero-order valence-corrected chi connectivity index (χ0v) is 16.9. The lowest BCUT2D eigenvalue weighted by molar-refractivity contribution is 0.170. The SMILES string of the molecule is CCCN(Cc1ccccc1)C(CC)CCc1ccc(C2CCC2F)cc1. The average Bonchev–Trinajstić information content (AvgIpc) is 2.69. The third-order valence-corrected chi connectivity index (χ3v) is 6.09. The first kappa shape index (κ1) is 20.1. The van der Waals surface area contributed by atoms with Gasteiger partial charge in [-0.1, -0.05) is 68.4 Å². The Morgan fingerprint density at radius 1 is 0.963 bits per heavy atom. The van der Waals surface area contributed by atoms with Crippen molar-refractivity contribution in [2.24, 2.45) is 0 Å². The van der Waals surface area contributed by atoms with Crippen LogP contribution in [0.2, 0.25) is 0 Å². The topological polar surface area (TPSA) is 3.24 Å². The molecule has 27 heavy (non-hydrogen) atoms. The van der Waals surface area contributed by atoms with E-state index in [4.69, 9.17) is 0 Å². The largest absolute Gasteiger partial charge is 0.296 e. The molecule has 0 heterocycles. The minimum Gasteiger partial charge on any atom is -0.296 e. The molecule has 0 aromatic heterocycles. The number of aryl methyl sites for hydroxylation is 1. The van der Waals surface area contributed by atoms with E-state index in [2.05, 4.69) is 73.3 Å². The van der Waals surface area contributed by atoms with Crippen molar-refractivity contribution in [2.45, 2.75) is 77.0 Å². The minimum absolute atomic E-state index is 0.147. The highest BCUT2D eigenvalue weighted by atomic mass is 19.1. The lowest BCUT2D eigenvalue weighted by Gasteiger charge is -2.31. The van der Waals surface area contributed by atoms with Crippen LogP contribution < -0.4 is 0 Å². The molecule has 0 amide bonds. The third kappa shape index (κ3) is 5.42. The Morgan fingerprint density at radius 3 is 2.26 bits per heavy atom. The Kier molecular flexibility index (Phi) is 7.46. The average molecular weight is 368 g/mol. The number of halogens is 1. The van der Waals surface area contributed by atoms with Crippen LogP contribution in [0.1, 0.15) is 68.6 Å². The molecule has 1 saturated carbocycles. The second-order valence-electron chi connectivity index (χ2n) is 8.00. The van der Waals surface area contributed by atoms with Gasteiger partial charge in [0.2, 0.25) is 0 Å². The van der Waals surface area contributed by atoms with Gasteiger partial charge in [0.25, 0.3) is 0 Å². The van der Waals surface area contributed by atoms with E-state index in [-0.39, 0.29) is 5.92 Å². The summed E-state index contributed by atoms with van der Waals surface area (Å²) in [7, 11) is 0. The summed E-state index contributed by atoms with van der Waals surface area (Å²) in [6, 6.07) is 20.1. The molecule has 1 fully saturated rings. The molecule has 0 bridgehead atoms. The number of benzene rings is 2. The highest BCUT2D eigenvalue weighted by Gasteiger charge is 2.31. The Morgan fingerprint density at radius 2 is 1.70 bits per heavy atom. The van der Waals surface area contributed by atoms with Crippen molar-refractivity contribution >= 4 is 0 Å². The number of hydrogen-bond donors (Lipinski definition) is 0. The van der Waals surface area contributed by atoms with E-state index in [0.717, 1.165) is 32.4 Å². The van der Waals surface area contributed by atoms with Gasteiger partial charge in [-0.15, -0.1) is 0 Å². The Hall–Kier alpha value is -1.67. The number of hydrogen-bond acceptors (Lipinski definition) is 1. The van der Waals surface area contributed by atoms with Crippen LogP contribution in [-0.2, 0) is 13.0 Å². The van der Waals surface area contributed by atoms with Gasteiger partial charge < -0.3 is 0 Å². The van der Waals surface area contributed by atoms with Crippen LogP contribution in [-0.4, -0.2) is 23.7 Å². The fraction of sp³-hybridized carbons (Fsp3) is 0.520. The minimum atomic E-state index is -0.624. The summed E-state index contributed by atoms with van der Waals surface area (Å²) in [4.78, 5) is 2.64. The molecule has 1 aliphatic rings. The summed E-state index contributed by atoms with van der Waals surface area (Å²) >= 11 is 0. The Labute approximate surface area is 164 Å². The van der Waals surface area contributed by atoms with E-state index in [1.54, 1.807) is 0 Å². The van der Waals surface area contributed by atoms with Crippen molar-refractivity contribution in [2.75, 3.05) is 6.54 Å². The second kappa shape index (κ2) is 10.0. The highest BCUT2D eigenvalue weighted by molar-refractivity contribution is 5.28. The maximum Gasteiger partial charge on any atom is 0.107 e. The molecule has 1 nitrogen and oxygen atoms in total. The van der Waals surface area contributed by atoms with E-state index in [9.17, 15) is 4.39 Å². The van der Waals surface area contributed by atoms with Crippen molar-refractivity contribution in [3.05, 3.63) is 71.3 Å². The normalized spacial score (nSPS) is 20.4. The van der Waals surface area contributed by atoms with Gasteiger partial charge in [-0.3, -0.25) is 4.90 Å². The summed E-state index contributed by atoms with van der Waals surface area (Å²) in [5.41, 5.74) is 3.96. The molecule has 3 atom stereocenters. The van der Waals surface area contributed by atoms with Gasteiger partial charge in [-0.05, 0) is 61.8 Å².